The van der Waals surface area contributed by atoms with Crippen LogP contribution < -0.4 is 10.2 Å². The highest BCUT2D eigenvalue weighted by Gasteiger charge is 2.31. The number of hydrogen-bond donors (Lipinski definition) is 1. The minimum Gasteiger partial charge on any atom is -0.367 e. The first kappa shape index (κ1) is 24.9. The van der Waals surface area contributed by atoms with Gasteiger partial charge in [-0.25, -0.2) is 0 Å². The molecule has 34 heavy (non-hydrogen) atoms. The summed E-state index contributed by atoms with van der Waals surface area (Å²) in [6.07, 6.45) is -3.22. The number of nitrogens with zero attached hydrogens (tertiary/aromatic N) is 2. The highest BCUT2D eigenvalue weighted by molar-refractivity contribution is 6.34. The van der Waals surface area contributed by atoms with Crippen LogP contribution in [0.2, 0.25) is 5.02 Å². The van der Waals surface area contributed by atoms with Crippen molar-refractivity contribution in [1.29, 1.82) is 5.26 Å². The number of hydrogen-bond acceptors (Lipinski definition) is 3. The second kappa shape index (κ2) is 10.9. The smallest absolute Gasteiger partial charge is 0.367 e. The van der Waals surface area contributed by atoms with Gasteiger partial charge >= 0.3 is 6.18 Å². The Hall–Kier alpha value is -3.76. The van der Waals surface area contributed by atoms with E-state index in [-0.39, 0.29) is 16.3 Å². The van der Waals surface area contributed by atoms with Crippen molar-refractivity contribution in [3.8, 4) is 6.07 Å². The molecule has 4 nitrogen and oxygen atoms in total. The molecule has 3 rings (SSSR count). The molecule has 3 aromatic carbocycles. The van der Waals surface area contributed by atoms with Crippen molar-refractivity contribution in [3.63, 3.8) is 0 Å². The lowest BCUT2D eigenvalue weighted by molar-refractivity contribution is -0.137. The Labute approximate surface area is 200 Å². The molecule has 0 aliphatic heterocycles. The molecule has 0 bridgehead atoms. The number of alkyl halides is 3. The maximum absolute atomic E-state index is 13.0. The Kier molecular flexibility index (Phi) is 7.98. The molecular formula is C26H21ClF3N3O. The van der Waals surface area contributed by atoms with Crippen molar-refractivity contribution in [3.05, 3.63) is 100 Å². The molecule has 1 N–H and O–H groups in total. The van der Waals surface area contributed by atoms with Crippen LogP contribution in [0.25, 0.3) is 6.08 Å². The topological polar surface area (TPSA) is 56.1 Å². The summed E-state index contributed by atoms with van der Waals surface area (Å²) in [6.45, 7) is 3.57. The van der Waals surface area contributed by atoms with Crippen molar-refractivity contribution >= 4 is 35.0 Å². The normalized spacial score (nSPS) is 11.6. The van der Waals surface area contributed by atoms with Gasteiger partial charge in [0.15, 0.2) is 0 Å². The first-order valence-electron chi connectivity index (χ1n) is 10.4. The Bertz CT molecular complexity index is 1220. The zero-order valence-electron chi connectivity index (χ0n) is 18.2. The van der Waals surface area contributed by atoms with Crippen LogP contribution in [-0.2, 0) is 17.5 Å². The quantitative estimate of drug-likeness (QED) is 0.293. The maximum Gasteiger partial charge on any atom is 0.416 e. The van der Waals surface area contributed by atoms with Crippen LogP contribution in [0.15, 0.2) is 78.4 Å². The molecule has 0 saturated carbocycles. The average molecular weight is 484 g/mol. The summed E-state index contributed by atoms with van der Waals surface area (Å²) in [5.41, 5.74) is 1.30. The molecule has 0 spiro atoms. The van der Waals surface area contributed by atoms with Gasteiger partial charge in [0.25, 0.3) is 5.91 Å². The van der Waals surface area contributed by atoms with Crippen molar-refractivity contribution in [2.24, 2.45) is 0 Å². The lowest BCUT2D eigenvalue weighted by atomic mass is 10.1. The number of anilines is 2. The molecule has 0 aliphatic carbocycles. The minimum absolute atomic E-state index is 0.0685. The lowest BCUT2D eigenvalue weighted by Gasteiger charge is -2.23. The van der Waals surface area contributed by atoms with Crippen molar-refractivity contribution < 1.29 is 18.0 Å². The fraction of sp³-hybridized carbons (Fsp3) is 0.154. The van der Waals surface area contributed by atoms with Gasteiger partial charge in [0, 0.05) is 18.8 Å². The summed E-state index contributed by atoms with van der Waals surface area (Å²) in [5, 5.41) is 11.7. The predicted octanol–water partition coefficient (Wildman–Crippen LogP) is 6.93. The first-order valence-corrected chi connectivity index (χ1v) is 10.8. The molecule has 0 heterocycles. The molecule has 0 radical (unpaired) electrons. The number of carbonyl (C=O) groups is 1. The molecule has 0 aromatic heterocycles. The minimum atomic E-state index is -4.59. The van der Waals surface area contributed by atoms with E-state index in [0.29, 0.717) is 5.56 Å². The standard InChI is InChI=1S/C26H21ClF3N3O/c1-2-33(17-19-6-4-3-5-7-19)22-11-8-18(9-12-22)14-20(16-31)25(34)32-24-15-21(26(28,29)30)10-13-23(24)27/h3-15H,2,17H2,1H3,(H,32,34)/b20-14-. The summed E-state index contributed by atoms with van der Waals surface area (Å²) in [7, 11) is 0. The number of nitriles is 1. The van der Waals surface area contributed by atoms with E-state index in [1.165, 1.54) is 11.6 Å². The molecule has 0 aliphatic rings. The summed E-state index contributed by atoms with van der Waals surface area (Å²) in [4.78, 5) is 14.7. The number of nitrogens with one attached hydrogen (secondary N) is 1. The number of carbonyl (C=O) groups excluding carboxylic acids is 1. The van der Waals surface area contributed by atoms with Gasteiger partial charge in [0.1, 0.15) is 11.6 Å². The Morgan fingerprint density at radius 3 is 2.35 bits per heavy atom. The van der Waals surface area contributed by atoms with Crippen LogP contribution in [0.4, 0.5) is 24.5 Å². The zero-order valence-corrected chi connectivity index (χ0v) is 19.0. The van der Waals surface area contributed by atoms with E-state index >= 15 is 0 Å². The second-order valence-corrected chi connectivity index (χ2v) is 7.81. The van der Waals surface area contributed by atoms with Gasteiger partial charge in [0.2, 0.25) is 0 Å². The van der Waals surface area contributed by atoms with Gasteiger partial charge in [-0.2, -0.15) is 18.4 Å². The third kappa shape index (κ3) is 6.40. The third-order valence-electron chi connectivity index (χ3n) is 5.07. The van der Waals surface area contributed by atoms with E-state index in [9.17, 15) is 23.2 Å². The second-order valence-electron chi connectivity index (χ2n) is 7.41. The predicted molar refractivity (Wildman–Crippen MR) is 128 cm³/mol. The van der Waals surface area contributed by atoms with E-state index in [0.717, 1.165) is 37.0 Å². The number of benzene rings is 3. The summed E-state index contributed by atoms with van der Waals surface area (Å²) < 4.78 is 38.9. The van der Waals surface area contributed by atoms with E-state index in [4.69, 9.17) is 11.6 Å². The lowest BCUT2D eigenvalue weighted by Crippen LogP contribution is -2.21. The van der Waals surface area contributed by atoms with Gasteiger partial charge in [0.05, 0.1) is 16.3 Å². The molecule has 8 heteroatoms. The van der Waals surface area contributed by atoms with Gasteiger partial charge in [-0.1, -0.05) is 54.1 Å². The van der Waals surface area contributed by atoms with Crippen molar-refractivity contribution in [1.82, 2.24) is 0 Å². The third-order valence-corrected chi connectivity index (χ3v) is 5.40. The van der Waals surface area contributed by atoms with Gasteiger partial charge in [-0.3, -0.25) is 4.79 Å². The fourth-order valence-electron chi connectivity index (χ4n) is 3.27. The molecule has 0 saturated heterocycles. The van der Waals surface area contributed by atoms with E-state index < -0.39 is 17.6 Å². The molecule has 0 atom stereocenters. The number of rotatable bonds is 7. The van der Waals surface area contributed by atoms with Gasteiger partial charge < -0.3 is 10.2 Å². The van der Waals surface area contributed by atoms with Crippen LogP contribution in [0.5, 0.6) is 0 Å². The molecule has 0 fully saturated rings. The van der Waals surface area contributed by atoms with Crippen LogP contribution in [-0.4, -0.2) is 12.5 Å². The van der Waals surface area contributed by atoms with E-state index in [1.807, 2.05) is 49.4 Å². The monoisotopic (exact) mass is 483 g/mol. The average Bonchev–Trinajstić information content (AvgIpc) is 2.82. The summed E-state index contributed by atoms with van der Waals surface area (Å²) in [5.74, 6) is -0.855. The number of halogens is 4. The van der Waals surface area contributed by atoms with Crippen LogP contribution >= 0.6 is 11.6 Å². The largest absolute Gasteiger partial charge is 0.416 e. The Morgan fingerprint density at radius 2 is 1.76 bits per heavy atom. The molecule has 174 valence electrons. The molecule has 1 amide bonds. The zero-order chi connectivity index (χ0) is 24.7. The van der Waals surface area contributed by atoms with E-state index in [1.54, 1.807) is 18.2 Å². The SMILES string of the molecule is CCN(Cc1ccccc1)c1ccc(/C=C(/C#N)C(=O)Nc2cc(C(F)(F)F)ccc2Cl)cc1. The molecule has 3 aromatic rings. The highest BCUT2D eigenvalue weighted by atomic mass is 35.5. The van der Waals surface area contributed by atoms with Gasteiger partial charge in [-0.05, 0) is 54.5 Å². The first-order chi connectivity index (χ1) is 16.2. The summed E-state index contributed by atoms with van der Waals surface area (Å²) >= 11 is 5.93. The fourth-order valence-corrected chi connectivity index (χ4v) is 3.44. The van der Waals surface area contributed by atoms with Crippen molar-refractivity contribution in [2.75, 3.05) is 16.8 Å². The number of amides is 1. The van der Waals surface area contributed by atoms with Crippen LogP contribution in [0, 0.1) is 11.3 Å². The Balaban J connectivity index is 1.76. The maximum atomic E-state index is 13.0. The van der Waals surface area contributed by atoms with Crippen LogP contribution in [0.1, 0.15) is 23.6 Å². The molecular weight excluding hydrogens is 463 g/mol. The molecule has 0 unspecified atom stereocenters. The highest BCUT2D eigenvalue weighted by Crippen LogP contribution is 2.34. The summed E-state index contributed by atoms with van der Waals surface area (Å²) in [6, 6.07) is 21.7. The Morgan fingerprint density at radius 1 is 1.09 bits per heavy atom. The van der Waals surface area contributed by atoms with Crippen LogP contribution in [0.3, 0.4) is 0 Å². The van der Waals surface area contributed by atoms with Gasteiger partial charge in [-0.15, -0.1) is 0 Å². The van der Waals surface area contributed by atoms with Crippen molar-refractivity contribution in [2.45, 2.75) is 19.6 Å². The van der Waals surface area contributed by atoms with E-state index in [2.05, 4.69) is 10.2 Å².